The lowest BCUT2D eigenvalue weighted by atomic mass is 9.81. The molecular weight excluding hydrogens is 422 g/mol. The van der Waals surface area contributed by atoms with Gasteiger partial charge in [-0.25, -0.2) is 0 Å². The number of carbonyl (C=O) groups is 3. The molecule has 8 nitrogen and oxygen atoms in total. The number of hydrogen-bond donors (Lipinski definition) is 3. The highest BCUT2D eigenvalue weighted by molar-refractivity contribution is 5.98. The van der Waals surface area contributed by atoms with E-state index in [4.69, 9.17) is 4.74 Å². The predicted octanol–water partition coefficient (Wildman–Crippen LogP) is 2.64. The lowest BCUT2D eigenvalue weighted by Gasteiger charge is -2.29. The fraction of sp³-hybridized carbons (Fsp3) is 0.640. The zero-order valence-electron chi connectivity index (χ0n) is 20.1. The third-order valence-electron chi connectivity index (χ3n) is 7.05. The summed E-state index contributed by atoms with van der Waals surface area (Å²) in [6.07, 6.45) is 5.34. The van der Waals surface area contributed by atoms with Gasteiger partial charge in [-0.05, 0) is 49.3 Å². The summed E-state index contributed by atoms with van der Waals surface area (Å²) in [5.41, 5.74) is 0.880. The molecule has 3 N–H and O–H groups in total. The molecule has 0 spiro atoms. The molecule has 1 aliphatic carbocycles. The van der Waals surface area contributed by atoms with Gasteiger partial charge in [0.1, 0.15) is 18.4 Å². The van der Waals surface area contributed by atoms with Crippen LogP contribution in [-0.2, 0) is 14.3 Å². The number of ketones is 1. The molecule has 1 aromatic rings. The predicted molar refractivity (Wildman–Crippen MR) is 126 cm³/mol. The van der Waals surface area contributed by atoms with Crippen LogP contribution in [0.1, 0.15) is 62.7 Å². The van der Waals surface area contributed by atoms with Gasteiger partial charge in [0.25, 0.3) is 5.91 Å². The fourth-order valence-electron chi connectivity index (χ4n) is 5.00. The Balaban J connectivity index is 1.73. The first-order chi connectivity index (χ1) is 15.6. The molecule has 2 fully saturated rings. The summed E-state index contributed by atoms with van der Waals surface area (Å²) in [7, 11) is 3.57. The minimum Gasteiger partial charge on any atom is -0.506 e. The number of anilines is 1. The molecule has 1 aromatic carbocycles. The number of nitrogens with zero attached hydrogens (tertiary/aromatic N) is 1. The minimum absolute atomic E-state index is 0.00537. The first kappa shape index (κ1) is 25.0. The highest BCUT2D eigenvalue weighted by Crippen LogP contribution is 2.41. The van der Waals surface area contributed by atoms with E-state index in [0.29, 0.717) is 24.1 Å². The molecule has 33 heavy (non-hydrogen) atoms. The molecule has 2 amide bonds. The Kier molecular flexibility index (Phi) is 8.00. The zero-order valence-corrected chi connectivity index (χ0v) is 20.1. The van der Waals surface area contributed by atoms with Gasteiger partial charge in [-0.1, -0.05) is 26.7 Å². The van der Waals surface area contributed by atoms with E-state index >= 15 is 0 Å². The van der Waals surface area contributed by atoms with Crippen molar-refractivity contribution in [3.05, 3.63) is 23.8 Å². The van der Waals surface area contributed by atoms with E-state index in [-0.39, 0.29) is 53.9 Å². The SMILES string of the molecule is CC[C@@H]1OCC(=O)C1CNC(=O)[C@H](CC1(C)CCCC1)NC(=O)c1ccc(O)c(N(C)C)c1. The van der Waals surface area contributed by atoms with E-state index < -0.39 is 6.04 Å². The third-order valence-corrected chi connectivity index (χ3v) is 7.05. The van der Waals surface area contributed by atoms with Crippen LogP contribution in [0.15, 0.2) is 18.2 Å². The molecule has 2 aliphatic rings. The molecule has 8 heteroatoms. The average molecular weight is 460 g/mol. The van der Waals surface area contributed by atoms with E-state index in [1.807, 2.05) is 6.92 Å². The normalized spacial score (nSPS) is 22.7. The maximum Gasteiger partial charge on any atom is 0.252 e. The summed E-state index contributed by atoms with van der Waals surface area (Å²) < 4.78 is 5.51. The summed E-state index contributed by atoms with van der Waals surface area (Å²) in [5.74, 6) is -0.912. The first-order valence-electron chi connectivity index (χ1n) is 11.9. The second kappa shape index (κ2) is 10.5. The van der Waals surface area contributed by atoms with Crippen molar-refractivity contribution in [3.8, 4) is 5.75 Å². The Labute approximate surface area is 196 Å². The third kappa shape index (κ3) is 6.05. The summed E-state index contributed by atoms with van der Waals surface area (Å²) in [6.45, 7) is 4.43. The number of carbonyl (C=O) groups excluding carboxylic acids is 3. The smallest absolute Gasteiger partial charge is 0.252 e. The largest absolute Gasteiger partial charge is 0.506 e. The number of nitrogens with one attached hydrogen (secondary N) is 2. The van der Waals surface area contributed by atoms with Crippen molar-refractivity contribution in [2.24, 2.45) is 11.3 Å². The molecule has 0 radical (unpaired) electrons. The Hall–Kier alpha value is -2.61. The van der Waals surface area contributed by atoms with E-state index in [9.17, 15) is 19.5 Å². The Morgan fingerprint density at radius 2 is 1.97 bits per heavy atom. The summed E-state index contributed by atoms with van der Waals surface area (Å²) in [6, 6.07) is 3.92. The Morgan fingerprint density at radius 3 is 2.61 bits per heavy atom. The van der Waals surface area contributed by atoms with Gasteiger partial charge in [0.2, 0.25) is 5.91 Å². The topological polar surface area (TPSA) is 108 Å². The second-order valence-corrected chi connectivity index (χ2v) is 9.92. The van der Waals surface area contributed by atoms with E-state index in [1.54, 1.807) is 31.1 Å². The molecule has 0 aromatic heterocycles. The summed E-state index contributed by atoms with van der Waals surface area (Å²) in [5, 5.41) is 15.9. The molecule has 1 saturated heterocycles. The molecule has 1 saturated carbocycles. The lowest BCUT2D eigenvalue weighted by molar-refractivity contribution is -0.124. The van der Waals surface area contributed by atoms with Gasteiger partial charge in [0, 0.05) is 26.2 Å². The standard InChI is InChI=1S/C25H37N3O5/c1-5-22-17(21(30)15-33-22)14-26-24(32)18(13-25(2)10-6-7-11-25)27-23(31)16-8-9-20(29)19(12-16)28(3)4/h8-9,12,17-18,22,29H,5-7,10-11,13-15H2,1-4H3,(H,26,32)(H,27,31)/t17?,18-,22-/m0/s1. The minimum atomic E-state index is -0.713. The quantitative estimate of drug-likeness (QED) is 0.524. The van der Waals surface area contributed by atoms with Crippen LogP contribution >= 0.6 is 0 Å². The number of benzene rings is 1. The van der Waals surface area contributed by atoms with Crippen LogP contribution < -0.4 is 15.5 Å². The van der Waals surface area contributed by atoms with Gasteiger partial charge in [-0.3, -0.25) is 14.4 Å². The highest BCUT2D eigenvalue weighted by atomic mass is 16.5. The number of phenolic OH excluding ortho intramolecular Hbond substituents is 1. The van der Waals surface area contributed by atoms with Crippen molar-refractivity contribution in [1.82, 2.24) is 10.6 Å². The first-order valence-corrected chi connectivity index (χ1v) is 11.9. The van der Waals surface area contributed by atoms with Crippen molar-refractivity contribution in [2.75, 3.05) is 32.1 Å². The fourth-order valence-corrected chi connectivity index (χ4v) is 5.00. The van der Waals surface area contributed by atoms with Crippen LogP contribution in [0.25, 0.3) is 0 Å². The second-order valence-electron chi connectivity index (χ2n) is 9.92. The van der Waals surface area contributed by atoms with Crippen molar-refractivity contribution in [3.63, 3.8) is 0 Å². The Morgan fingerprint density at radius 1 is 1.27 bits per heavy atom. The van der Waals surface area contributed by atoms with Crippen molar-refractivity contribution in [1.29, 1.82) is 0 Å². The van der Waals surface area contributed by atoms with Gasteiger partial charge in [-0.2, -0.15) is 0 Å². The number of phenols is 1. The van der Waals surface area contributed by atoms with E-state index in [0.717, 1.165) is 25.7 Å². The molecule has 1 aliphatic heterocycles. The monoisotopic (exact) mass is 459 g/mol. The van der Waals surface area contributed by atoms with Crippen LogP contribution in [0.2, 0.25) is 0 Å². The molecular formula is C25H37N3O5. The van der Waals surface area contributed by atoms with E-state index in [2.05, 4.69) is 17.6 Å². The number of rotatable bonds is 9. The highest BCUT2D eigenvalue weighted by Gasteiger charge is 2.37. The van der Waals surface area contributed by atoms with Crippen molar-refractivity contribution < 1.29 is 24.2 Å². The van der Waals surface area contributed by atoms with Gasteiger partial charge in [-0.15, -0.1) is 0 Å². The average Bonchev–Trinajstić information content (AvgIpc) is 3.36. The number of amides is 2. The molecule has 1 heterocycles. The maximum atomic E-state index is 13.2. The number of aromatic hydroxyl groups is 1. The van der Waals surface area contributed by atoms with Gasteiger partial charge < -0.3 is 25.4 Å². The Bertz CT molecular complexity index is 879. The van der Waals surface area contributed by atoms with Crippen LogP contribution in [0.4, 0.5) is 5.69 Å². The summed E-state index contributed by atoms with van der Waals surface area (Å²) in [4.78, 5) is 40.2. The number of Topliss-reactive ketones (excluding diaryl/α,β-unsaturated/α-hetero) is 1. The van der Waals surface area contributed by atoms with Crippen LogP contribution in [0.3, 0.4) is 0 Å². The van der Waals surface area contributed by atoms with E-state index in [1.165, 1.54) is 6.07 Å². The summed E-state index contributed by atoms with van der Waals surface area (Å²) >= 11 is 0. The van der Waals surface area contributed by atoms with Crippen LogP contribution in [-0.4, -0.2) is 62.1 Å². The zero-order chi connectivity index (χ0) is 24.2. The maximum absolute atomic E-state index is 13.2. The number of hydrogen-bond acceptors (Lipinski definition) is 6. The molecule has 0 bridgehead atoms. The van der Waals surface area contributed by atoms with Gasteiger partial charge >= 0.3 is 0 Å². The van der Waals surface area contributed by atoms with Crippen molar-refractivity contribution >= 4 is 23.3 Å². The molecule has 3 rings (SSSR count). The van der Waals surface area contributed by atoms with Gasteiger partial charge in [0.15, 0.2) is 5.78 Å². The molecule has 3 atom stereocenters. The molecule has 1 unspecified atom stereocenters. The molecule has 182 valence electrons. The van der Waals surface area contributed by atoms with Crippen LogP contribution in [0.5, 0.6) is 5.75 Å². The van der Waals surface area contributed by atoms with Gasteiger partial charge in [0.05, 0.1) is 17.7 Å². The van der Waals surface area contributed by atoms with Crippen LogP contribution in [0, 0.1) is 11.3 Å². The number of ether oxygens (including phenoxy) is 1. The van der Waals surface area contributed by atoms with Crippen molar-refractivity contribution in [2.45, 2.75) is 64.5 Å². The lowest BCUT2D eigenvalue weighted by Crippen LogP contribution is -2.50.